The van der Waals surface area contributed by atoms with Gasteiger partial charge in [0.15, 0.2) is 0 Å². The van der Waals surface area contributed by atoms with E-state index >= 15 is 0 Å². The average Bonchev–Trinajstić information content (AvgIpc) is 2.61. The van der Waals surface area contributed by atoms with Gasteiger partial charge in [0.2, 0.25) is 0 Å². The maximum atomic E-state index is 11.6. The number of hydrogen-bond acceptors (Lipinski definition) is 1. The summed E-state index contributed by atoms with van der Waals surface area (Å²) in [5, 5.41) is 0. The number of hydrogen-bond donors (Lipinski definition) is 0. The molecule has 0 atom stereocenters. The van der Waals surface area contributed by atoms with E-state index in [1.807, 2.05) is 0 Å². The van der Waals surface area contributed by atoms with E-state index < -0.39 is 0 Å². The number of carbonyl (C=O) groups excluding carboxylic acids is 1. The van der Waals surface area contributed by atoms with Crippen LogP contribution < -0.4 is 0 Å². The van der Waals surface area contributed by atoms with Crippen molar-refractivity contribution in [2.75, 3.05) is 0 Å². The molecule has 0 spiro atoms. The molecule has 0 saturated carbocycles. The lowest BCUT2D eigenvalue weighted by Crippen LogP contribution is -2.00. The van der Waals surface area contributed by atoms with Gasteiger partial charge in [-0.3, -0.25) is 4.79 Å². The number of ketones is 1. The van der Waals surface area contributed by atoms with Crippen LogP contribution in [0.1, 0.15) is 49.7 Å². The molecule has 0 N–H and O–H groups in total. The minimum absolute atomic E-state index is 0.437. The Hall–Kier alpha value is -1.63. The summed E-state index contributed by atoms with van der Waals surface area (Å²) >= 11 is 0. The summed E-state index contributed by atoms with van der Waals surface area (Å²) in [5.74, 6) is 0.437. The normalized spacial score (nSPS) is 19.8. The van der Waals surface area contributed by atoms with Gasteiger partial charge in [-0.1, -0.05) is 41.5 Å². The van der Waals surface area contributed by atoms with Gasteiger partial charge in [0.05, 0.1) is 0 Å². The minimum Gasteiger partial charge on any atom is -0.300 e. The van der Waals surface area contributed by atoms with Crippen molar-refractivity contribution in [2.24, 2.45) is 0 Å². The first-order valence-corrected chi connectivity index (χ1v) is 7.20. The number of allylic oxidation sites excluding steroid dienone is 4. The van der Waals surface area contributed by atoms with Crippen LogP contribution in [0, 0.1) is 6.92 Å². The largest absolute Gasteiger partial charge is 0.300 e. The molecule has 98 valence electrons. The molecule has 1 aromatic carbocycles. The van der Waals surface area contributed by atoms with E-state index in [2.05, 4.69) is 37.3 Å². The van der Waals surface area contributed by atoms with Crippen molar-refractivity contribution < 1.29 is 4.79 Å². The first kappa shape index (κ1) is 12.4. The molecule has 0 saturated heterocycles. The van der Waals surface area contributed by atoms with E-state index in [1.165, 1.54) is 27.8 Å². The second-order valence-electron chi connectivity index (χ2n) is 5.67. The Morgan fingerprint density at radius 1 is 0.947 bits per heavy atom. The maximum absolute atomic E-state index is 11.6. The van der Waals surface area contributed by atoms with Crippen molar-refractivity contribution in [1.82, 2.24) is 0 Å². The van der Waals surface area contributed by atoms with E-state index in [0.717, 1.165) is 38.5 Å². The third-order valence-electron chi connectivity index (χ3n) is 4.40. The van der Waals surface area contributed by atoms with Crippen LogP contribution in [0.15, 0.2) is 41.5 Å². The van der Waals surface area contributed by atoms with Gasteiger partial charge in [0, 0.05) is 12.8 Å². The monoisotopic (exact) mass is 252 g/mol. The number of rotatable bonds is 1. The zero-order valence-corrected chi connectivity index (χ0v) is 11.5. The van der Waals surface area contributed by atoms with Gasteiger partial charge in [0.1, 0.15) is 5.78 Å². The van der Waals surface area contributed by atoms with E-state index in [1.54, 1.807) is 0 Å². The van der Waals surface area contributed by atoms with Crippen molar-refractivity contribution in [3.05, 3.63) is 52.6 Å². The Kier molecular flexibility index (Phi) is 3.37. The van der Waals surface area contributed by atoms with Crippen molar-refractivity contribution in [1.29, 1.82) is 0 Å². The number of carbonyl (C=O) groups is 1. The second kappa shape index (κ2) is 5.16. The molecule has 1 heteroatoms. The summed E-state index contributed by atoms with van der Waals surface area (Å²) in [5.41, 5.74) is 7.24. The SMILES string of the molecule is Cc1ccccc1C1=CCC2=C(CCC(=O)CC2)C1. The molecular weight excluding hydrogens is 232 g/mol. The summed E-state index contributed by atoms with van der Waals surface area (Å²) < 4.78 is 0. The molecule has 0 bridgehead atoms. The third kappa shape index (κ3) is 2.56. The lowest BCUT2D eigenvalue weighted by Gasteiger charge is -2.20. The molecule has 0 heterocycles. The fourth-order valence-electron chi connectivity index (χ4n) is 3.21. The van der Waals surface area contributed by atoms with Crippen molar-refractivity contribution in [2.45, 2.75) is 45.4 Å². The van der Waals surface area contributed by atoms with Crippen LogP contribution in [0.2, 0.25) is 0 Å². The fourth-order valence-corrected chi connectivity index (χ4v) is 3.21. The van der Waals surface area contributed by atoms with Gasteiger partial charge in [-0.05, 0) is 49.3 Å². The van der Waals surface area contributed by atoms with Crippen LogP contribution >= 0.6 is 0 Å². The molecule has 2 aliphatic carbocycles. The van der Waals surface area contributed by atoms with Crippen LogP contribution in [0.5, 0.6) is 0 Å². The molecule has 0 unspecified atom stereocenters. The molecule has 1 nitrogen and oxygen atoms in total. The lowest BCUT2D eigenvalue weighted by atomic mass is 9.85. The van der Waals surface area contributed by atoms with E-state index in [-0.39, 0.29) is 0 Å². The Morgan fingerprint density at radius 3 is 2.47 bits per heavy atom. The predicted octanol–water partition coefficient (Wildman–Crippen LogP) is 4.61. The summed E-state index contributed by atoms with van der Waals surface area (Å²) in [6, 6.07) is 8.60. The molecule has 0 aromatic heterocycles. The molecular formula is C18H20O. The summed E-state index contributed by atoms with van der Waals surface area (Å²) in [4.78, 5) is 11.6. The molecule has 1 aromatic rings. The van der Waals surface area contributed by atoms with Crippen LogP contribution in [0.4, 0.5) is 0 Å². The minimum atomic E-state index is 0.437. The molecule has 0 amide bonds. The maximum Gasteiger partial charge on any atom is 0.133 e. The van der Waals surface area contributed by atoms with Crippen LogP contribution in [0.3, 0.4) is 0 Å². The highest BCUT2D eigenvalue weighted by atomic mass is 16.1. The van der Waals surface area contributed by atoms with E-state index in [0.29, 0.717) is 5.78 Å². The predicted molar refractivity (Wildman–Crippen MR) is 78.9 cm³/mol. The van der Waals surface area contributed by atoms with E-state index in [9.17, 15) is 4.79 Å². The molecule has 0 aliphatic heterocycles. The van der Waals surface area contributed by atoms with Gasteiger partial charge in [-0.15, -0.1) is 0 Å². The molecule has 2 aliphatic rings. The number of benzene rings is 1. The average molecular weight is 252 g/mol. The molecule has 19 heavy (non-hydrogen) atoms. The first-order chi connectivity index (χ1) is 9.24. The fraction of sp³-hybridized carbons (Fsp3) is 0.389. The third-order valence-corrected chi connectivity index (χ3v) is 4.40. The Morgan fingerprint density at radius 2 is 1.68 bits per heavy atom. The van der Waals surface area contributed by atoms with Crippen LogP contribution in [0.25, 0.3) is 5.57 Å². The van der Waals surface area contributed by atoms with Gasteiger partial charge >= 0.3 is 0 Å². The van der Waals surface area contributed by atoms with Gasteiger partial charge in [0.25, 0.3) is 0 Å². The summed E-state index contributed by atoms with van der Waals surface area (Å²) in [6.45, 7) is 2.18. The van der Waals surface area contributed by atoms with Gasteiger partial charge < -0.3 is 0 Å². The number of aryl methyl sites for hydroxylation is 1. The first-order valence-electron chi connectivity index (χ1n) is 7.20. The van der Waals surface area contributed by atoms with Crippen molar-refractivity contribution in [3.63, 3.8) is 0 Å². The lowest BCUT2D eigenvalue weighted by molar-refractivity contribution is -0.118. The molecule has 0 radical (unpaired) electrons. The second-order valence-corrected chi connectivity index (χ2v) is 5.67. The summed E-state index contributed by atoms with van der Waals surface area (Å²) in [6.07, 6.45) is 7.95. The standard InChI is InChI=1S/C18H20O/c1-13-4-2-3-5-18(13)16-7-6-14-8-10-17(19)11-9-15(14)12-16/h2-5,7H,6,8-12H2,1H3. The molecule has 0 fully saturated rings. The zero-order chi connectivity index (χ0) is 13.2. The Bertz CT molecular complexity index is 575. The van der Waals surface area contributed by atoms with Crippen LogP contribution in [-0.2, 0) is 4.79 Å². The highest BCUT2D eigenvalue weighted by Crippen LogP contribution is 2.37. The number of Topliss-reactive ketones (excluding diaryl/α,β-unsaturated/α-hetero) is 1. The van der Waals surface area contributed by atoms with E-state index in [4.69, 9.17) is 0 Å². The van der Waals surface area contributed by atoms with Crippen LogP contribution in [-0.4, -0.2) is 5.78 Å². The Balaban J connectivity index is 1.84. The molecule has 3 rings (SSSR count). The Labute approximate surface area is 115 Å². The highest BCUT2D eigenvalue weighted by molar-refractivity contribution is 5.80. The van der Waals surface area contributed by atoms with Crippen molar-refractivity contribution in [3.8, 4) is 0 Å². The smallest absolute Gasteiger partial charge is 0.133 e. The quantitative estimate of drug-likeness (QED) is 0.667. The van der Waals surface area contributed by atoms with Crippen molar-refractivity contribution >= 4 is 11.4 Å². The topological polar surface area (TPSA) is 17.1 Å². The summed E-state index contributed by atoms with van der Waals surface area (Å²) in [7, 11) is 0. The van der Waals surface area contributed by atoms with Gasteiger partial charge in [-0.25, -0.2) is 0 Å². The van der Waals surface area contributed by atoms with Gasteiger partial charge in [-0.2, -0.15) is 0 Å². The zero-order valence-electron chi connectivity index (χ0n) is 11.5. The highest BCUT2D eigenvalue weighted by Gasteiger charge is 2.20.